The van der Waals surface area contributed by atoms with E-state index in [0.29, 0.717) is 6.61 Å². The first-order chi connectivity index (χ1) is 7.74. The summed E-state index contributed by atoms with van der Waals surface area (Å²) in [6.07, 6.45) is 4.67. The smallest absolute Gasteiger partial charge is 1.00 e. The molecule has 1 aromatic carbocycles. The zero-order chi connectivity index (χ0) is 11.8. The molecule has 0 fully saturated rings. The summed E-state index contributed by atoms with van der Waals surface area (Å²) in [4.78, 5) is 0.868. The van der Waals surface area contributed by atoms with Gasteiger partial charge in [-0.25, -0.2) is 0 Å². The molecule has 0 spiro atoms. The van der Waals surface area contributed by atoms with Crippen LogP contribution in [0.2, 0.25) is 16.5 Å². The van der Waals surface area contributed by atoms with E-state index in [2.05, 4.69) is 42.0 Å². The minimum absolute atomic E-state index is 0. The molecule has 1 rings (SSSR count). The van der Waals surface area contributed by atoms with Crippen LogP contribution in [-0.2, 0) is 6.42 Å². The molecule has 0 radical (unpaired) electrons. The molecule has 0 aliphatic carbocycles. The molecule has 0 amide bonds. The predicted octanol–water partition coefficient (Wildman–Crippen LogP) is 0.520. The standard InChI is InChI=1S/C14H23OSe.HI/c1-16(2)14(9-6-12-15)11-10-13-7-4-3-5-8-13;/h3-5,7-8,14-15H,6,9-12H2,1-2H3;1H/q+1;/p-1. The van der Waals surface area contributed by atoms with Gasteiger partial charge in [-0.05, 0) is 0 Å². The second kappa shape index (κ2) is 10.4. The van der Waals surface area contributed by atoms with Crippen LogP contribution in [0.1, 0.15) is 24.8 Å². The topological polar surface area (TPSA) is 20.2 Å². The van der Waals surface area contributed by atoms with Gasteiger partial charge in [0, 0.05) is 0 Å². The van der Waals surface area contributed by atoms with E-state index < -0.39 is 13.9 Å². The zero-order valence-corrected chi connectivity index (χ0v) is 14.6. The maximum atomic E-state index is 8.90. The minimum atomic E-state index is -0.441. The fraction of sp³-hybridized carbons (Fsp3) is 0.571. The second-order valence-corrected chi connectivity index (χ2v) is 9.48. The largest absolute Gasteiger partial charge is 1.00 e. The normalized spacial score (nSPS) is 12.2. The summed E-state index contributed by atoms with van der Waals surface area (Å²) in [7, 11) is 0. The number of aryl methyl sites for hydroxylation is 1. The van der Waals surface area contributed by atoms with Crippen LogP contribution < -0.4 is 24.0 Å². The Morgan fingerprint density at radius 3 is 2.29 bits per heavy atom. The van der Waals surface area contributed by atoms with E-state index in [0.717, 1.165) is 11.2 Å². The van der Waals surface area contributed by atoms with Crippen LogP contribution in [0.5, 0.6) is 0 Å². The van der Waals surface area contributed by atoms with E-state index in [-0.39, 0.29) is 24.0 Å². The van der Waals surface area contributed by atoms with Crippen molar-refractivity contribution in [1.82, 2.24) is 0 Å². The molecule has 98 valence electrons. The third kappa shape index (κ3) is 7.45. The molecule has 17 heavy (non-hydrogen) atoms. The number of aliphatic hydroxyl groups is 1. The minimum Gasteiger partial charge on any atom is -1.00 e. The Kier molecular flexibility index (Phi) is 10.6. The van der Waals surface area contributed by atoms with Crippen LogP contribution in [0.25, 0.3) is 0 Å². The zero-order valence-electron chi connectivity index (χ0n) is 10.7. The first kappa shape index (κ1) is 17.4. The molecular weight excluding hydrogens is 390 g/mol. The van der Waals surface area contributed by atoms with Crippen molar-refractivity contribution in [2.45, 2.75) is 42.1 Å². The van der Waals surface area contributed by atoms with Crippen molar-refractivity contribution in [3.63, 3.8) is 0 Å². The van der Waals surface area contributed by atoms with Gasteiger partial charge in [0.05, 0.1) is 0 Å². The van der Waals surface area contributed by atoms with Crippen molar-refractivity contribution < 1.29 is 29.1 Å². The quantitative estimate of drug-likeness (QED) is 0.511. The first-order valence-electron chi connectivity index (χ1n) is 5.95. The molecular formula is C14H23IOSe. The Labute approximate surface area is 127 Å². The summed E-state index contributed by atoms with van der Waals surface area (Å²) in [6.45, 7) is 0.348. The Balaban J connectivity index is 0.00000256. The molecule has 0 bridgehead atoms. The molecule has 0 aliphatic rings. The van der Waals surface area contributed by atoms with Gasteiger partial charge in [-0.1, -0.05) is 0 Å². The summed E-state index contributed by atoms with van der Waals surface area (Å²) in [5, 5.41) is 8.90. The van der Waals surface area contributed by atoms with Crippen LogP contribution in [0, 0.1) is 0 Å². The van der Waals surface area contributed by atoms with Gasteiger partial charge in [0.25, 0.3) is 0 Å². The van der Waals surface area contributed by atoms with Crippen LogP contribution in [0.4, 0.5) is 0 Å². The maximum Gasteiger partial charge on any atom is -1.00 e. The molecule has 1 atom stereocenters. The molecule has 1 N–H and O–H groups in total. The third-order valence-corrected chi connectivity index (χ3v) is 6.74. The summed E-state index contributed by atoms with van der Waals surface area (Å²) in [5.74, 6) is 4.82. The molecule has 3 heteroatoms. The average Bonchev–Trinajstić information content (AvgIpc) is 2.30. The van der Waals surface area contributed by atoms with Crippen molar-refractivity contribution in [2.75, 3.05) is 6.61 Å². The Morgan fingerprint density at radius 2 is 1.76 bits per heavy atom. The van der Waals surface area contributed by atoms with E-state index >= 15 is 0 Å². The van der Waals surface area contributed by atoms with Crippen molar-refractivity contribution >= 4 is 13.9 Å². The van der Waals surface area contributed by atoms with E-state index in [1.165, 1.54) is 24.8 Å². The van der Waals surface area contributed by atoms with Crippen LogP contribution in [0.3, 0.4) is 0 Å². The van der Waals surface area contributed by atoms with E-state index in [1.54, 1.807) is 0 Å². The monoisotopic (exact) mass is 414 g/mol. The fourth-order valence-corrected chi connectivity index (χ4v) is 4.48. The van der Waals surface area contributed by atoms with Gasteiger partial charge in [-0.15, -0.1) is 0 Å². The number of hydrogen-bond acceptors (Lipinski definition) is 1. The number of rotatable bonds is 7. The SMILES string of the molecule is C[Se+](C)C(CCCO)CCc1ccccc1.[I-]. The predicted molar refractivity (Wildman–Crippen MR) is 72.3 cm³/mol. The molecule has 0 heterocycles. The van der Waals surface area contributed by atoms with Gasteiger partial charge in [-0.3, -0.25) is 0 Å². The van der Waals surface area contributed by atoms with E-state index in [9.17, 15) is 0 Å². The number of benzene rings is 1. The molecule has 0 aromatic heterocycles. The van der Waals surface area contributed by atoms with Gasteiger partial charge in [0.2, 0.25) is 0 Å². The molecule has 1 nitrogen and oxygen atoms in total. The van der Waals surface area contributed by atoms with Crippen molar-refractivity contribution in [2.24, 2.45) is 0 Å². The van der Waals surface area contributed by atoms with Gasteiger partial charge in [0.15, 0.2) is 0 Å². The Hall–Kier alpha value is 0.429. The summed E-state index contributed by atoms with van der Waals surface area (Å²) < 4.78 is 0. The van der Waals surface area contributed by atoms with Crippen LogP contribution in [-0.4, -0.2) is 25.6 Å². The average molecular weight is 413 g/mol. The third-order valence-electron chi connectivity index (χ3n) is 2.95. The molecule has 1 unspecified atom stereocenters. The van der Waals surface area contributed by atoms with Crippen LogP contribution >= 0.6 is 0 Å². The first-order valence-corrected chi connectivity index (χ1v) is 10.4. The number of halogens is 1. The fourth-order valence-electron chi connectivity index (χ4n) is 1.91. The second-order valence-electron chi connectivity index (χ2n) is 4.39. The molecule has 0 aliphatic heterocycles. The van der Waals surface area contributed by atoms with Crippen LogP contribution in [0.15, 0.2) is 30.3 Å². The van der Waals surface area contributed by atoms with Crippen molar-refractivity contribution in [1.29, 1.82) is 0 Å². The van der Waals surface area contributed by atoms with E-state index in [1.807, 2.05) is 0 Å². The van der Waals surface area contributed by atoms with Gasteiger partial charge < -0.3 is 24.0 Å². The number of hydrogen-bond donors (Lipinski definition) is 1. The molecule has 0 saturated carbocycles. The number of aliphatic hydroxyl groups excluding tert-OH is 1. The van der Waals surface area contributed by atoms with Gasteiger partial charge in [0.1, 0.15) is 0 Å². The summed E-state index contributed by atoms with van der Waals surface area (Å²) in [6, 6.07) is 10.7. The Morgan fingerprint density at radius 1 is 1.12 bits per heavy atom. The summed E-state index contributed by atoms with van der Waals surface area (Å²) >= 11 is -0.441. The van der Waals surface area contributed by atoms with E-state index in [4.69, 9.17) is 5.11 Å². The maximum absolute atomic E-state index is 8.90. The Bertz CT molecular complexity index is 277. The van der Waals surface area contributed by atoms with Gasteiger partial charge in [-0.2, -0.15) is 0 Å². The molecule has 0 saturated heterocycles. The van der Waals surface area contributed by atoms with Gasteiger partial charge >= 0.3 is 104 Å². The molecule has 1 aromatic rings. The summed E-state index contributed by atoms with van der Waals surface area (Å²) in [5.41, 5.74) is 1.45. The van der Waals surface area contributed by atoms with Crippen molar-refractivity contribution in [3.8, 4) is 0 Å². The van der Waals surface area contributed by atoms with Crippen molar-refractivity contribution in [3.05, 3.63) is 35.9 Å².